The smallest absolute Gasteiger partial charge is 0.216 e. The molecule has 4 aliphatic rings. The maximum Gasteiger partial charge on any atom is 0.216 e. The van der Waals surface area contributed by atoms with E-state index >= 15 is 0 Å². The lowest BCUT2D eigenvalue weighted by Gasteiger charge is -2.33. The quantitative estimate of drug-likeness (QED) is 0.621. The summed E-state index contributed by atoms with van der Waals surface area (Å²) < 4.78 is 70.1. The van der Waals surface area contributed by atoms with E-state index in [0.29, 0.717) is 50.8 Å². The van der Waals surface area contributed by atoms with E-state index < -0.39 is 17.0 Å². The third-order valence-electron chi connectivity index (χ3n) is 6.85. The van der Waals surface area contributed by atoms with Crippen molar-refractivity contribution in [2.24, 2.45) is 5.92 Å². The number of sulfonamides is 1. The predicted molar refractivity (Wildman–Crippen MR) is 122 cm³/mol. The Morgan fingerprint density at radius 2 is 1.88 bits per heavy atom. The zero-order chi connectivity index (χ0) is 24.8. The van der Waals surface area contributed by atoms with Crippen molar-refractivity contribution in [2.45, 2.75) is 44.0 Å². The van der Waals surface area contributed by atoms with Gasteiger partial charge in [-0.05, 0) is 67.0 Å². The van der Waals surface area contributed by atoms with Gasteiger partial charge in [0.1, 0.15) is 11.6 Å². The summed E-state index contributed by atoms with van der Waals surface area (Å²) in [5.41, 5.74) is 2.69. The summed E-state index contributed by atoms with van der Waals surface area (Å²) in [6, 6.07) is 4.79. The Balaban J connectivity index is 1.17. The van der Waals surface area contributed by atoms with Gasteiger partial charge in [0.25, 0.3) is 0 Å². The molecule has 0 amide bonds. The van der Waals surface area contributed by atoms with Crippen LogP contribution < -0.4 is 0 Å². The third-order valence-corrected chi connectivity index (χ3v) is 9.25. The minimum Gasteiger partial charge on any atom is -0.496 e. The first-order valence-electron chi connectivity index (χ1n) is 12.9. The molecule has 174 valence electrons. The second-order valence-electron chi connectivity index (χ2n) is 9.33. The molecule has 2 fully saturated rings. The van der Waals surface area contributed by atoms with Crippen LogP contribution in [0.1, 0.15) is 40.9 Å². The summed E-state index contributed by atoms with van der Waals surface area (Å²) in [4.78, 5) is 3.51. The van der Waals surface area contributed by atoms with Gasteiger partial charge in [0, 0.05) is 49.5 Å². The van der Waals surface area contributed by atoms with E-state index in [0.717, 1.165) is 36.8 Å². The molecular weight excluding hydrogens is 429 g/mol. The molecule has 0 radical (unpaired) electrons. The number of piperidine rings is 1. The van der Waals surface area contributed by atoms with Gasteiger partial charge < -0.3 is 9.64 Å². The number of nitrogens with zero attached hydrogens (tertiary/aromatic N) is 3. The Morgan fingerprint density at radius 1 is 1.09 bits per heavy atom. The third kappa shape index (κ3) is 4.72. The Bertz CT molecular complexity index is 1130. The Kier molecular flexibility index (Phi) is 5.09. The van der Waals surface area contributed by atoms with Gasteiger partial charge in [0.05, 0.1) is 18.4 Å². The number of ether oxygens (including phenoxy) is 1. The van der Waals surface area contributed by atoms with Crippen molar-refractivity contribution in [3.63, 3.8) is 0 Å². The Morgan fingerprint density at radius 3 is 2.62 bits per heavy atom. The van der Waals surface area contributed by atoms with E-state index in [1.54, 1.807) is 22.5 Å². The molecule has 1 aliphatic carbocycles. The monoisotopic (exact) mass is 464 g/mol. The van der Waals surface area contributed by atoms with Crippen molar-refractivity contribution in [3.8, 4) is 0 Å². The van der Waals surface area contributed by atoms with Gasteiger partial charge in [0.2, 0.25) is 10.0 Å². The number of halogens is 1. The number of fused-ring (bicyclic) bond motifs is 1. The Hall–Kier alpha value is -1.90. The maximum atomic E-state index is 13.6. The van der Waals surface area contributed by atoms with E-state index in [2.05, 4.69) is 4.90 Å². The summed E-state index contributed by atoms with van der Waals surface area (Å²) in [7, 11) is -3.13. The van der Waals surface area contributed by atoms with Crippen LogP contribution in [0.25, 0.3) is 0 Å². The van der Waals surface area contributed by atoms with Crippen LogP contribution in [0, 0.1) is 11.7 Å². The molecule has 1 saturated carbocycles. The van der Waals surface area contributed by atoms with E-state index in [1.165, 1.54) is 11.0 Å². The van der Waals surface area contributed by atoms with Gasteiger partial charge in [-0.2, -0.15) is 0 Å². The first-order chi connectivity index (χ1) is 16.6. The van der Waals surface area contributed by atoms with Gasteiger partial charge in [-0.3, -0.25) is 4.90 Å². The van der Waals surface area contributed by atoms with Crippen LogP contribution in [0.15, 0.2) is 41.8 Å². The van der Waals surface area contributed by atoms with Crippen LogP contribution in [0.2, 0.25) is 0 Å². The number of rotatable bonds is 7. The zero-order valence-corrected chi connectivity index (χ0v) is 19.0. The van der Waals surface area contributed by atoms with Crippen molar-refractivity contribution in [1.29, 1.82) is 0 Å². The van der Waals surface area contributed by atoms with Crippen molar-refractivity contribution >= 4 is 10.0 Å². The fourth-order valence-corrected chi connectivity index (χ4v) is 6.60. The van der Waals surface area contributed by atoms with Crippen molar-refractivity contribution in [3.05, 3.63) is 58.8 Å². The molecule has 0 atom stereocenters. The molecule has 8 heteroatoms. The van der Waals surface area contributed by atoms with Gasteiger partial charge >= 0.3 is 0 Å². The molecular formula is C24H32FN3O3S. The van der Waals surface area contributed by atoms with E-state index in [9.17, 15) is 12.8 Å². The summed E-state index contributed by atoms with van der Waals surface area (Å²) in [6.07, 6.45) is 6.70. The maximum absolute atomic E-state index is 13.6. The lowest BCUT2D eigenvalue weighted by Crippen LogP contribution is -2.41. The predicted octanol–water partition coefficient (Wildman–Crippen LogP) is 3.08. The van der Waals surface area contributed by atoms with Gasteiger partial charge in [-0.15, -0.1) is 0 Å². The van der Waals surface area contributed by atoms with Crippen molar-refractivity contribution in [2.75, 3.05) is 39.8 Å². The number of benzene rings is 1. The van der Waals surface area contributed by atoms with Crippen LogP contribution >= 0.6 is 0 Å². The van der Waals surface area contributed by atoms with Gasteiger partial charge in [-0.25, -0.2) is 17.1 Å². The molecule has 1 aromatic carbocycles. The van der Waals surface area contributed by atoms with Gasteiger partial charge in [0.15, 0.2) is 0 Å². The molecule has 0 N–H and O–H groups in total. The highest BCUT2D eigenvalue weighted by molar-refractivity contribution is 7.90. The van der Waals surface area contributed by atoms with Gasteiger partial charge in [-0.1, -0.05) is 6.07 Å². The largest absolute Gasteiger partial charge is 0.496 e. The molecule has 1 saturated heterocycles. The van der Waals surface area contributed by atoms with E-state index in [1.807, 2.05) is 6.08 Å². The topological polar surface area (TPSA) is 53.1 Å². The average Bonchev–Trinajstić information content (AvgIpc) is 3.60. The highest BCUT2D eigenvalue weighted by atomic mass is 32.2. The molecule has 1 aromatic rings. The number of hydrogen-bond donors (Lipinski definition) is 0. The molecule has 3 heterocycles. The molecule has 0 aromatic heterocycles. The van der Waals surface area contributed by atoms with Crippen LogP contribution in [-0.4, -0.2) is 67.5 Å². The Labute approximate surface area is 194 Å². The molecule has 0 unspecified atom stereocenters. The summed E-state index contributed by atoms with van der Waals surface area (Å²) in [6.45, 7) is 1.05. The lowest BCUT2D eigenvalue weighted by molar-refractivity contribution is 0.117. The number of likely N-dealkylation sites (N-methyl/N-ethyl adjacent to an activating group) is 1. The van der Waals surface area contributed by atoms with Crippen molar-refractivity contribution < 1.29 is 21.7 Å². The average molecular weight is 465 g/mol. The normalized spacial score (nSPS) is 24.9. The summed E-state index contributed by atoms with van der Waals surface area (Å²) in [5, 5.41) is -0.176. The number of allylic oxidation sites excluding steroid dienone is 2. The first kappa shape index (κ1) is 18.5. The summed E-state index contributed by atoms with van der Waals surface area (Å²) >= 11 is 0. The van der Waals surface area contributed by atoms with Crippen LogP contribution in [0.5, 0.6) is 0 Å². The van der Waals surface area contributed by atoms with Crippen LogP contribution in [-0.2, 0) is 27.8 Å². The molecule has 32 heavy (non-hydrogen) atoms. The second kappa shape index (κ2) is 8.80. The highest BCUT2D eigenvalue weighted by Gasteiger charge is 2.41. The highest BCUT2D eigenvalue weighted by Crippen LogP contribution is 2.33. The van der Waals surface area contributed by atoms with E-state index in [-0.39, 0.29) is 23.5 Å². The minimum atomic E-state index is -3.13. The second-order valence-corrected chi connectivity index (χ2v) is 11.5. The standard InChI is InChI=1S/C24H32FN3O3S/c1-26-16-23(31-17-18-8-10-28(11-9-18)32(29,30)24-6-7-24)5-4-22(26)15-27-13-19-2-3-21(25)12-20(19)14-27/h2-5,12,18,24H,6-11,13-17H2,1H3/i1D3. The molecule has 3 aliphatic heterocycles. The molecule has 0 bridgehead atoms. The SMILES string of the molecule is [2H]C([2H])([2H])N1CC(OCC2CCN(S(=O)(=O)C3CC3)CC2)=CC=C1CN1Cc2ccc(F)cc2C1. The minimum absolute atomic E-state index is 0.159. The fourth-order valence-electron chi connectivity index (χ4n) is 4.73. The molecule has 5 rings (SSSR count). The zero-order valence-electron chi connectivity index (χ0n) is 21.2. The van der Waals surface area contributed by atoms with Crippen LogP contribution in [0.4, 0.5) is 4.39 Å². The van der Waals surface area contributed by atoms with Crippen molar-refractivity contribution in [1.82, 2.24) is 14.1 Å². The fraction of sp³-hybridized carbons (Fsp3) is 0.583. The number of hydrogen-bond acceptors (Lipinski definition) is 5. The van der Waals surface area contributed by atoms with Crippen LogP contribution in [0.3, 0.4) is 0 Å². The van der Waals surface area contributed by atoms with E-state index in [4.69, 9.17) is 8.85 Å². The first-order valence-corrected chi connectivity index (χ1v) is 12.9. The lowest BCUT2D eigenvalue weighted by atomic mass is 9.99. The molecule has 0 spiro atoms. The molecule has 6 nitrogen and oxygen atoms in total. The summed E-state index contributed by atoms with van der Waals surface area (Å²) in [5.74, 6) is 0.591.